The van der Waals surface area contributed by atoms with Crippen LogP contribution < -0.4 is 5.32 Å². The number of aromatic nitrogens is 1. The molecule has 2 amide bonds. The highest BCUT2D eigenvalue weighted by molar-refractivity contribution is 5.77. The summed E-state index contributed by atoms with van der Waals surface area (Å²) in [4.78, 5) is 30.4. The number of carbonyl (C=O) groups is 2. The molecule has 1 aromatic heterocycles. The Morgan fingerprint density at radius 1 is 1.15 bits per heavy atom. The predicted octanol–water partition coefficient (Wildman–Crippen LogP) is 3.74. The van der Waals surface area contributed by atoms with E-state index in [1.165, 1.54) is 39.0 Å². The van der Waals surface area contributed by atoms with Crippen molar-refractivity contribution in [3.05, 3.63) is 29.6 Å². The van der Waals surface area contributed by atoms with Gasteiger partial charge in [-0.2, -0.15) is 0 Å². The first-order chi connectivity index (χ1) is 12.6. The fraction of sp³-hybridized carbons (Fsp3) is 0.667. The van der Waals surface area contributed by atoms with E-state index in [0.717, 1.165) is 43.0 Å². The van der Waals surface area contributed by atoms with Crippen LogP contribution in [0.5, 0.6) is 0 Å². The van der Waals surface area contributed by atoms with Gasteiger partial charge in [0.05, 0.1) is 11.7 Å². The van der Waals surface area contributed by atoms with Crippen LogP contribution in [-0.4, -0.2) is 28.2 Å². The van der Waals surface area contributed by atoms with Gasteiger partial charge in [0.25, 0.3) is 0 Å². The third kappa shape index (κ3) is 5.05. The van der Waals surface area contributed by atoms with Crippen LogP contribution in [0.2, 0.25) is 0 Å². The SMILES string of the molecule is CC(=O)NCc1ccc([C@H]2CCCN2C(=O)CCC2CCCCC2)nc1. The van der Waals surface area contributed by atoms with Crippen molar-refractivity contribution in [3.63, 3.8) is 0 Å². The summed E-state index contributed by atoms with van der Waals surface area (Å²) >= 11 is 0. The maximum Gasteiger partial charge on any atom is 0.223 e. The topological polar surface area (TPSA) is 62.3 Å². The smallest absolute Gasteiger partial charge is 0.223 e. The lowest BCUT2D eigenvalue weighted by Gasteiger charge is -2.26. The molecule has 1 aliphatic carbocycles. The molecule has 0 radical (unpaired) electrons. The van der Waals surface area contributed by atoms with E-state index in [1.807, 2.05) is 23.2 Å². The van der Waals surface area contributed by atoms with E-state index in [0.29, 0.717) is 18.9 Å². The molecule has 1 aliphatic heterocycles. The van der Waals surface area contributed by atoms with Gasteiger partial charge in [0.1, 0.15) is 0 Å². The zero-order chi connectivity index (χ0) is 18.4. The first kappa shape index (κ1) is 18.9. The molecule has 5 heteroatoms. The molecule has 142 valence electrons. The average Bonchev–Trinajstić information content (AvgIpc) is 3.15. The third-order valence-electron chi connectivity index (χ3n) is 5.79. The van der Waals surface area contributed by atoms with Crippen molar-refractivity contribution in [2.45, 2.75) is 77.3 Å². The molecule has 0 bridgehead atoms. The van der Waals surface area contributed by atoms with Gasteiger partial charge in [-0.3, -0.25) is 14.6 Å². The summed E-state index contributed by atoms with van der Waals surface area (Å²) in [7, 11) is 0. The summed E-state index contributed by atoms with van der Waals surface area (Å²) in [5.41, 5.74) is 1.96. The Bertz CT molecular complexity index is 608. The molecular weight excluding hydrogens is 326 g/mol. The van der Waals surface area contributed by atoms with Crippen molar-refractivity contribution in [1.82, 2.24) is 15.2 Å². The summed E-state index contributed by atoms with van der Waals surface area (Å²) in [6, 6.07) is 4.12. The van der Waals surface area contributed by atoms with Gasteiger partial charge in [0.2, 0.25) is 11.8 Å². The Kier molecular flexibility index (Phi) is 6.64. The van der Waals surface area contributed by atoms with Crippen LogP contribution in [-0.2, 0) is 16.1 Å². The summed E-state index contributed by atoms with van der Waals surface area (Å²) in [6.45, 7) is 2.86. The van der Waals surface area contributed by atoms with E-state index >= 15 is 0 Å². The largest absolute Gasteiger partial charge is 0.352 e. The maximum atomic E-state index is 12.8. The maximum absolute atomic E-state index is 12.8. The number of rotatable bonds is 6. The van der Waals surface area contributed by atoms with Crippen molar-refractivity contribution in [1.29, 1.82) is 0 Å². The average molecular weight is 357 g/mol. The standard InChI is InChI=1S/C21H31N3O2/c1-16(25)22-14-18-9-11-19(23-15-18)20-8-5-13-24(20)21(26)12-10-17-6-3-2-4-7-17/h9,11,15,17,20H,2-8,10,12-14H2,1H3,(H,22,25)/t20-/m1/s1. The Morgan fingerprint density at radius 3 is 2.65 bits per heavy atom. The van der Waals surface area contributed by atoms with Crippen LogP contribution >= 0.6 is 0 Å². The van der Waals surface area contributed by atoms with Crippen molar-refractivity contribution >= 4 is 11.8 Å². The first-order valence-electron chi connectivity index (χ1n) is 10.1. The molecule has 5 nitrogen and oxygen atoms in total. The second-order valence-electron chi connectivity index (χ2n) is 7.79. The van der Waals surface area contributed by atoms with E-state index in [4.69, 9.17) is 0 Å². The van der Waals surface area contributed by atoms with Gasteiger partial charge >= 0.3 is 0 Å². The molecular formula is C21H31N3O2. The quantitative estimate of drug-likeness (QED) is 0.843. The monoisotopic (exact) mass is 357 g/mol. The molecule has 1 atom stereocenters. The summed E-state index contributed by atoms with van der Waals surface area (Å²) in [6.07, 6.45) is 12.2. The van der Waals surface area contributed by atoms with Crippen LogP contribution in [0.25, 0.3) is 0 Å². The molecule has 1 saturated carbocycles. The lowest BCUT2D eigenvalue weighted by Crippen LogP contribution is -2.31. The molecule has 2 heterocycles. The van der Waals surface area contributed by atoms with Crippen LogP contribution in [0.1, 0.15) is 82.0 Å². The molecule has 26 heavy (non-hydrogen) atoms. The van der Waals surface area contributed by atoms with Crippen LogP contribution in [0.4, 0.5) is 0 Å². The summed E-state index contributed by atoms with van der Waals surface area (Å²) in [5.74, 6) is 1.00. The highest BCUT2D eigenvalue weighted by Gasteiger charge is 2.31. The molecule has 3 rings (SSSR count). The normalized spacial score (nSPS) is 21.0. The molecule has 2 aliphatic rings. The number of nitrogens with one attached hydrogen (secondary N) is 1. The highest BCUT2D eigenvalue weighted by Crippen LogP contribution is 2.33. The number of pyridine rings is 1. The van der Waals surface area contributed by atoms with E-state index in [-0.39, 0.29) is 11.9 Å². The lowest BCUT2D eigenvalue weighted by atomic mass is 9.86. The Morgan fingerprint density at radius 2 is 1.96 bits per heavy atom. The van der Waals surface area contributed by atoms with E-state index in [9.17, 15) is 9.59 Å². The second kappa shape index (κ2) is 9.15. The zero-order valence-electron chi connectivity index (χ0n) is 15.9. The Hall–Kier alpha value is -1.91. The van der Waals surface area contributed by atoms with Crippen molar-refractivity contribution in [2.75, 3.05) is 6.54 Å². The number of nitrogens with zero attached hydrogens (tertiary/aromatic N) is 2. The zero-order valence-corrected chi connectivity index (χ0v) is 15.9. The summed E-state index contributed by atoms with van der Waals surface area (Å²) in [5, 5.41) is 2.78. The number of carbonyl (C=O) groups excluding carboxylic acids is 2. The predicted molar refractivity (Wildman–Crippen MR) is 101 cm³/mol. The van der Waals surface area contributed by atoms with Crippen molar-refractivity contribution in [3.8, 4) is 0 Å². The van der Waals surface area contributed by atoms with Crippen molar-refractivity contribution in [2.24, 2.45) is 5.92 Å². The summed E-state index contributed by atoms with van der Waals surface area (Å²) < 4.78 is 0. The van der Waals surface area contributed by atoms with E-state index in [2.05, 4.69) is 10.3 Å². The van der Waals surface area contributed by atoms with Crippen molar-refractivity contribution < 1.29 is 9.59 Å². The van der Waals surface area contributed by atoms with Gasteiger partial charge in [-0.25, -0.2) is 0 Å². The van der Waals surface area contributed by atoms with Crippen LogP contribution in [0.3, 0.4) is 0 Å². The third-order valence-corrected chi connectivity index (χ3v) is 5.79. The molecule has 1 aromatic rings. The van der Waals surface area contributed by atoms with E-state index < -0.39 is 0 Å². The minimum absolute atomic E-state index is 0.0420. The number of hydrogen-bond donors (Lipinski definition) is 1. The molecule has 1 N–H and O–H groups in total. The minimum Gasteiger partial charge on any atom is -0.352 e. The minimum atomic E-state index is -0.0420. The molecule has 2 fully saturated rings. The molecule has 0 spiro atoms. The highest BCUT2D eigenvalue weighted by atomic mass is 16.2. The lowest BCUT2D eigenvalue weighted by molar-refractivity contribution is -0.132. The molecule has 1 saturated heterocycles. The van der Waals surface area contributed by atoms with Crippen LogP contribution in [0, 0.1) is 5.92 Å². The Labute approximate surface area is 156 Å². The number of likely N-dealkylation sites (tertiary alicyclic amines) is 1. The van der Waals surface area contributed by atoms with Gasteiger partial charge in [-0.15, -0.1) is 0 Å². The number of hydrogen-bond acceptors (Lipinski definition) is 3. The van der Waals surface area contributed by atoms with Gasteiger partial charge in [-0.05, 0) is 36.8 Å². The Balaban J connectivity index is 1.54. The fourth-order valence-corrected chi connectivity index (χ4v) is 4.28. The van der Waals surface area contributed by atoms with Gasteiger partial charge in [0, 0.05) is 32.6 Å². The van der Waals surface area contributed by atoms with Crippen LogP contribution in [0.15, 0.2) is 18.3 Å². The van der Waals surface area contributed by atoms with E-state index in [1.54, 1.807) is 0 Å². The second-order valence-corrected chi connectivity index (χ2v) is 7.79. The first-order valence-corrected chi connectivity index (χ1v) is 10.1. The van der Waals surface area contributed by atoms with Gasteiger partial charge < -0.3 is 10.2 Å². The van der Waals surface area contributed by atoms with Gasteiger partial charge in [-0.1, -0.05) is 38.2 Å². The molecule has 0 unspecified atom stereocenters. The fourth-order valence-electron chi connectivity index (χ4n) is 4.28. The number of amides is 2. The van der Waals surface area contributed by atoms with Gasteiger partial charge in [0.15, 0.2) is 0 Å². The molecule has 0 aromatic carbocycles.